The molecule has 1 amide bonds. The summed E-state index contributed by atoms with van der Waals surface area (Å²) in [4.78, 5) is 26.3. The Kier molecular flexibility index (Phi) is 6.09. The monoisotopic (exact) mass is 350 g/mol. The molecule has 1 saturated heterocycles. The number of rotatable bonds is 6. The predicted molar refractivity (Wildman–Crippen MR) is 90.2 cm³/mol. The van der Waals surface area contributed by atoms with E-state index >= 15 is 0 Å². The van der Waals surface area contributed by atoms with Crippen molar-refractivity contribution in [2.24, 2.45) is 0 Å². The highest BCUT2D eigenvalue weighted by Crippen LogP contribution is 2.33. The van der Waals surface area contributed by atoms with E-state index in [1.54, 1.807) is 0 Å². The zero-order valence-electron chi connectivity index (χ0n) is 14.5. The average molecular weight is 350 g/mol. The number of amides is 1. The Morgan fingerprint density at radius 1 is 1.20 bits per heavy atom. The van der Waals surface area contributed by atoms with Crippen molar-refractivity contribution >= 4 is 11.9 Å². The molecule has 2 fully saturated rings. The standard InChI is InChI=1S/C18H26N2O5/c21-16(13-25-17(22)15-4-9-24-12-15)19-14-18(5-2-1-3-6-18)20-7-10-23-11-8-20/h4,9,12H,1-3,5-8,10-11,13-14H2,(H,19,21). The Morgan fingerprint density at radius 3 is 2.64 bits per heavy atom. The Morgan fingerprint density at radius 2 is 1.96 bits per heavy atom. The molecule has 2 heterocycles. The van der Waals surface area contributed by atoms with Crippen LogP contribution in [0.25, 0.3) is 0 Å². The van der Waals surface area contributed by atoms with Gasteiger partial charge in [0.05, 0.1) is 25.0 Å². The van der Waals surface area contributed by atoms with Gasteiger partial charge >= 0.3 is 5.97 Å². The molecule has 1 aromatic rings. The van der Waals surface area contributed by atoms with E-state index in [1.165, 1.54) is 37.9 Å². The number of esters is 1. The molecule has 1 aromatic heterocycles. The fourth-order valence-corrected chi connectivity index (χ4v) is 3.76. The Balaban J connectivity index is 1.50. The third-order valence-corrected chi connectivity index (χ3v) is 5.17. The summed E-state index contributed by atoms with van der Waals surface area (Å²) in [5.41, 5.74) is 0.316. The van der Waals surface area contributed by atoms with Gasteiger partial charge in [-0.3, -0.25) is 9.69 Å². The first-order valence-corrected chi connectivity index (χ1v) is 8.98. The molecule has 1 saturated carbocycles. The normalized spacial score (nSPS) is 20.8. The molecule has 7 nitrogen and oxygen atoms in total. The molecule has 1 aliphatic carbocycles. The van der Waals surface area contributed by atoms with Crippen LogP contribution < -0.4 is 5.32 Å². The summed E-state index contributed by atoms with van der Waals surface area (Å²) in [5, 5.41) is 2.97. The Labute approximate surface area is 147 Å². The summed E-state index contributed by atoms with van der Waals surface area (Å²) in [7, 11) is 0. The lowest BCUT2D eigenvalue weighted by atomic mass is 9.79. The third-order valence-electron chi connectivity index (χ3n) is 5.17. The van der Waals surface area contributed by atoms with Crippen LogP contribution in [0.4, 0.5) is 0 Å². The van der Waals surface area contributed by atoms with E-state index in [2.05, 4.69) is 10.2 Å². The van der Waals surface area contributed by atoms with E-state index in [4.69, 9.17) is 13.9 Å². The molecular weight excluding hydrogens is 324 g/mol. The molecule has 0 unspecified atom stereocenters. The van der Waals surface area contributed by atoms with Gasteiger partial charge in [0.25, 0.3) is 5.91 Å². The van der Waals surface area contributed by atoms with E-state index in [0.29, 0.717) is 12.1 Å². The number of ether oxygens (including phenoxy) is 2. The number of hydrogen-bond acceptors (Lipinski definition) is 6. The van der Waals surface area contributed by atoms with Crippen LogP contribution in [0.15, 0.2) is 23.0 Å². The summed E-state index contributed by atoms with van der Waals surface area (Å²) in [6.07, 6.45) is 8.49. The molecular formula is C18H26N2O5. The molecule has 1 aliphatic heterocycles. The maximum atomic E-state index is 12.1. The molecule has 2 aliphatic rings. The first-order chi connectivity index (χ1) is 12.2. The highest BCUT2D eigenvalue weighted by Gasteiger charge is 2.38. The number of hydrogen-bond donors (Lipinski definition) is 1. The van der Waals surface area contributed by atoms with Gasteiger partial charge in [0.15, 0.2) is 6.61 Å². The van der Waals surface area contributed by atoms with Crippen LogP contribution in [0, 0.1) is 0 Å². The van der Waals surface area contributed by atoms with Crippen LogP contribution in [0.3, 0.4) is 0 Å². The molecule has 0 spiro atoms. The minimum Gasteiger partial charge on any atom is -0.472 e. The molecule has 7 heteroatoms. The maximum Gasteiger partial charge on any atom is 0.341 e. The fourth-order valence-electron chi connectivity index (χ4n) is 3.76. The zero-order chi connectivity index (χ0) is 17.5. The topological polar surface area (TPSA) is 81.0 Å². The fraction of sp³-hybridized carbons (Fsp3) is 0.667. The van der Waals surface area contributed by atoms with Gasteiger partial charge in [-0.1, -0.05) is 19.3 Å². The lowest BCUT2D eigenvalue weighted by Gasteiger charge is -2.48. The smallest absolute Gasteiger partial charge is 0.341 e. The van der Waals surface area contributed by atoms with Gasteiger partial charge in [-0.25, -0.2) is 4.79 Å². The summed E-state index contributed by atoms with van der Waals surface area (Å²) >= 11 is 0. The summed E-state index contributed by atoms with van der Waals surface area (Å²) < 4.78 is 15.3. The molecule has 0 atom stereocenters. The number of nitrogens with one attached hydrogen (secondary N) is 1. The largest absolute Gasteiger partial charge is 0.472 e. The number of furan rings is 1. The van der Waals surface area contributed by atoms with Gasteiger partial charge < -0.3 is 19.2 Å². The highest BCUT2D eigenvalue weighted by atomic mass is 16.5. The van der Waals surface area contributed by atoms with Crippen molar-refractivity contribution in [2.45, 2.75) is 37.6 Å². The van der Waals surface area contributed by atoms with Gasteiger partial charge in [0, 0.05) is 25.2 Å². The summed E-state index contributed by atoms with van der Waals surface area (Å²) in [6.45, 7) is 3.63. The number of carbonyl (C=O) groups is 2. The minimum atomic E-state index is -0.551. The number of carbonyl (C=O) groups excluding carboxylic acids is 2. The van der Waals surface area contributed by atoms with E-state index in [0.717, 1.165) is 39.1 Å². The van der Waals surface area contributed by atoms with Crippen molar-refractivity contribution in [2.75, 3.05) is 39.5 Å². The van der Waals surface area contributed by atoms with Gasteiger partial charge in [0.2, 0.25) is 0 Å². The van der Waals surface area contributed by atoms with Crippen LogP contribution in [-0.4, -0.2) is 61.8 Å². The quantitative estimate of drug-likeness (QED) is 0.785. The molecule has 25 heavy (non-hydrogen) atoms. The second-order valence-electron chi connectivity index (χ2n) is 6.75. The van der Waals surface area contributed by atoms with Crippen LogP contribution in [-0.2, 0) is 14.3 Å². The van der Waals surface area contributed by atoms with E-state index in [1.807, 2.05) is 0 Å². The van der Waals surface area contributed by atoms with Crippen LogP contribution in [0.1, 0.15) is 42.5 Å². The molecule has 0 aromatic carbocycles. The molecule has 0 radical (unpaired) electrons. The van der Waals surface area contributed by atoms with Crippen molar-refractivity contribution in [3.05, 3.63) is 24.2 Å². The van der Waals surface area contributed by atoms with Gasteiger partial charge in [0.1, 0.15) is 6.26 Å². The molecule has 3 rings (SSSR count). The Bertz CT molecular complexity index is 560. The highest BCUT2D eigenvalue weighted by molar-refractivity contribution is 5.90. The number of nitrogens with zero attached hydrogens (tertiary/aromatic N) is 1. The van der Waals surface area contributed by atoms with Crippen molar-refractivity contribution in [3.63, 3.8) is 0 Å². The van der Waals surface area contributed by atoms with Gasteiger partial charge in [-0.05, 0) is 18.9 Å². The summed E-state index contributed by atoms with van der Waals surface area (Å²) in [5.74, 6) is -0.820. The SMILES string of the molecule is O=C(COC(=O)c1ccoc1)NCC1(N2CCOCC2)CCCCC1. The van der Waals surface area contributed by atoms with Crippen LogP contribution >= 0.6 is 0 Å². The average Bonchev–Trinajstić information content (AvgIpc) is 3.21. The summed E-state index contributed by atoms with van der Waals surface area (Å²) in [6, 6.07) is 1.51. The van der Waals surface area contributed by atoms with Crippen LogP contribution in [0.5, 0.6) is 0 Å². The van der Waals surface area contributed by atoms with Crippen molar-refractivity contribution in [1.82, 2.24) is 10.2 Å². The second-order valence-corrected chi connectivity index (χ2v) is 6.75. The second kappa shape index (κ2) is 8.49. The number of morpholine rings is 1. The van der Waals surface area contributed by atoms with E-state index in [9.17, 15) is 9.59 Å². The van der Waals surface area contributed by atoms with Crippen molar-refractivity contribution < 1.29 is 23.5 Å². The molecule has 1 N–H and O–H groups in total. The third kappa shape index (κ3) is 4.61. The van der Waals surface area contributed by atoms with Crippen LogP contribution in [0.2, 0.25) is 0 Å². The van der Waals surface area contributed by atoms with Gasteiger partial charge in [-0.2, -0.15) is 0 Å². The van der Waals surface area contributed by atoms with Gasteiger partial charge in [-0.15, -0.1) is 0 Å². The van der Waals surface area contributed by atoms with Crippen molar-refractivity contribution in [3.8, 4) is 0 Å². The molecule has 0 bridgehead atoms. The Hall–Kier alpha value is -1.86. The minimum absolute atomic E-state index is 0.00621. The first-order valence-electron chi connectivity index (χ1n) is 8.98. The first kappa shape index (κ1) is 17.9. The molecule has 138 valence electrons. The maximum absolute atomic E-state index is 12.1. The lowest BCUT2D eigenvalue weighted by molar-refractivity contribution is -0.125. The van der Waals surface area contributed by atoms with Crippen molar-refractivity contribution in [1.29, 1.82) is 0 Å². The lowest BCUT2D eigenvalue weighted by Crippen LogP contribution is -2.59. The predicted octanol–water partition coefficient (Wildman–Crippen LogP) is 1.59. The van der Waals surface area contributed by atoms with E-state index < -0.39 is 5.97 Å². The van der Waals surface area contributed by atoms with E-state index in [-0.39, 0.29) is 18.1 Å². The zero-order valence-corrected chi connectivity index (χ0v) is 14.5.